The Morgan fingerprint density at radius 1 is 0.400 bits per heavy atom. The van der Waals surface area contributed by atoms with E-state index in [1.807, 2.05) is 0 Å². The Balaban J connectivity index is 0.000000515. The van der Waals surface area contributed by atoms with Crippen LogP contribution in [0.1, 0.15) is 285 Å². The summed E-state index contributed by atoms with van der Waals surface area (Å²) in [5, 5.41) is 10.3. The molecule has 540 valence electrons. The maximum absolute atomic E-state index is 6.09. The maximum atomic E-state index is 6.09. The average molecular weight is 1270 g/mol. The molecule has 3 aliphatic heterocycles. The molecule has 3 saturated heterocycles. The summed E-state index contributed by atoms with van der Waals surface area (Å²) in [6.07, 6.45) is 34.4. The smallest absolute Gasteiger partial charge is 0.0193 e. The second-order valence-electron chi connectivity index (χ2n) is 35.7. The Kier molecular flexibility index (Phi) is 47.8. The lowest BCUT2D eigenvalue weighted by Crippen LogP contribution is -2.41. The van der Waals surface area contributed by atoms with Gasteiger partial charge in [0.1, 0.15) is 0 Å². The number of nitrogens with zero attached hydrogens (tertiary/aromatic N) is 1. The summed E-state index contributed by atoms with van der Waals surface area (Å²) < 4.78 is 0. The van der Waals surface area contributed by atoms with Gasteiger partial charge in [-0.25, -0.2) is 0 Å². The minimum absolute atomic E-state index is 0.0151. The molecule has 8 fully saturated rings. The van der Waals surface area contributed by atoms with Gasteiger partial charge >= 0.3 is 0 Å². The van der Waals surface area contributed by atoms with Gasteiger partial charge in [0.05, 0.1) is 0 Å². The number of nitrogens with two attached hydrogens (primary N) is 7. The molecular weight excluding hydrogens is 1100 g/mol. The Morgan fingerprint density at radius 3 is 1.12 bits per heavy atom. The highest BCUT2D eigenvalue weighted by Crippen LogP contribution is 2.38. The number of hydrogen-bond donors (Lipinski definition) is 10. The van der Waals surface area contributed by atoms with Crippen molar-refractivity contribution in [1.29, 1.82) is 0 Å². The van der Waals surface area contributed by atoms with Crippen LogP contribution in [-0.2, 0) is 0 Å². The van der Waals surface area contributed by atoms with Crippen LogP contribution in [-0.4, -0.2) is 108 Å². The summed E-state index contributed by atoms with van der Waals surface area (Å²) in [4.78, 5) is 2.47. The summed E-state index contributed by atoms with van der Waals surface area (Å²) in [6, 6.07) is 2.61. The molecule has 11 heteroatoms. The molecule has 0 bridgehead atoms. The first-order valence-corrected chi connectivity index (χ1v) is 39.2. The van der Waals surface area contributed by atoms with Gasteiger partial charge in [-0.1, -0.05) is 130 Å². The quantitative estimate of drug-likeness (QED) is 0.0464. The zero-order valence-corrected chi connectivity index (χ0v) is 64.4. The van der Waals surface area contributed by atoms with E-state index in [9.17, 15) is 0 Å². The molecule has 8 aliphatic rings. The molecule has 3 heterocycles. The number of nitrogens with one attached hydrogen (secondary N) is 3. The average Bonchev–Trinajstić information content (AvgIpc) is 2.64. The van der Waals surface area contributed by atoms with Gasteiger partial charge in [-0.15, -0.1) is 0 Å². The predicted molar refractivity (Wildman–Crippen MR) is 401 cm³/mol. The van der Waals surface area contributed by atoms with E-state index < -0.39 is 0 Å². The van der Waals surface area contributed by atoms with Gasteiger partial charge in [0.25, 0.3) is 0 Å². The first kappa shape index (κ1) is 87.6. The van der Waals surface area contributed by atoms with E-state index in [1.54, 1.807) is 0 Å². The zero-order valence-electron chi connectivity index (χ0n) is 64.4. The molecule has 11 nitrogen and oxygen atoms in total. The fourth-order valence-corrected chi connectivity index (χ4v) is 17.3. The molecular formula is C79H169N11. The fourth-order valence-electron chi connectivity index (χ4n) is 17.3. The lowest BCUT2D eigenvalue weighted by molar-refractivity contribution is 0.271. The minimum Gasteiger partial charge on any atom is -0.330 e. The van der Waals surface area contributed by atoms with Crippen LogP contribution in [0, 0.1) is 118 Å². The molecule has 0 amide bonds. The second-order valence-corrected chi connectivity index (χ2v) is 35.7. The van der Waals surface area contributed by atoms with E-state index >= 15 is 0 Å². The van der Waals surface area contributed by atoms with Crippen molar-refractivity contribution >= 4 is 0 Å². The monoisotopic (exact) mass is 1270 g/mol. The van der Waals surface area contributed by atoms with E-state index in [0.717, 1.165) is 158 Å². The standard InChI is InChI=1S/C11H24N2.C11H23N.C10H22N2.2C10H21N.C9H20N2.2C9H19N/c1-8(2)5-10-6-9(7-13-10)11(3,4)12;1-9(2)6-10-4-5-11(7-10)8-12-3;1-8(2)4-10-5-9(6-11)7-12(10)3;2*1-8(2)5-9-3-4-10(6-9)7-11;1-7(2)3-8-4-9(5-10)11-6-8;1-7(2)9-4-3-8(5-9)6-10;1-7(2)5-8-3-4-9(10)6-8/h8-10,13H,5-7,12H2,1-4H3;9-12H,4-8H2,1-3H3;8-10H,4-7,11H2,1-3H3;2*8-10H,3-7,11H2,1-2H3;7-9,11H,3-6,10H2,1-2H3;2*7-9H,3-6,10H2,1-2H3/t9?,10-;10-,11-;2*9-,10+;9-,10-;2*8-,9+;8-,9-/m11011101/s1. The molecule has 0 aromatic rings. The molecule has 5 saturated carbocycles. The largest absolute Gasteiger partial charge is 0.330 e. The van der Waals surface area contributed by atoms with Gasteiger partial charge in [0.15, 0.2) is 0 Å². The van der Waals surface area contributed by atoms with E-state index in [4.69, 9.17) is 40.1 Å². The van der Waals surface area contributed by atoms with Crippen LogP contribution >= 0.6 is 0 Å². The van der Waals surface area contributed by atoms with Crippen LogP contribution in [0.2, 0.25) is 0 Å². The maximum Gasteiger partial charge on any atom is 0.0193 e. The second kappa shape index (κ2) is 49.1. The van der Waals surface area contributed by atoms with Crippen LogP contribution in [0.4, 0.5) is 0 Å². The topological polar surface area (TPSA) is 221 Å². The molecule has 17 N–H and O–H groups in total. The van der Waals surface area contributed by atoms with Gasteiger partial charge in [0.2, 0.25) is 0 Å². The molecule has 0 radical (unpaired) electrons. The first-order valence-electron chi connectivity index (χ1n) is 39.2. The molecule has 1 unspecified atom stereocenters. The van der Waals surface area contributed by atoms with Gasteiger partial charge in [-0.3, -0.25) is 0 Å². The summed E-state index contributed by atoms with van der Waals surface area (Å²) >= 11 is 0. The van der Waals surface area contributed by atoms with E-state index in [0.29, 0.717) is 24.0 Å². The summed E-state index contributed by atoms with van der Waals surface area (Å²) in [6.45, 7) is 50.3. The molecule has 8 rings (SSSR count). The molecule has 0 spiro atoms. The first-order chi connectivity index (χ1) is 42.3. The number of hydrogen-bond acceptors (Lipinski definition) is 11. The number of likely N-dealkylation sites (tertiary alicyclic amines) is 1. The van der Waals surface area contributed by atoms with E-state index in [2.05, 4.69) is 160 Å². The molecule has 0 aromatic heterocycles. The van der Waals surface area contributed by atoms with Gasteiger partial charge < -0.3 is 61.0 Å². The van der Waals surface area contributed by atoms with Crippen molar-refractivity contribution < 1.29 is 0 Å². The van der Waals surface area contributed by atoms with Crippen LogP contribution in [0.15, 0.2) is 0 Å². The van der Waals surface area contributed by atoms with Crippen molar-refractivity contribution in [3.05, 3.63) is 0 Å². The van der Waals surface area contributed by atoms with Crippen LogP contribution in [0.3, 0.4) is 0 Å². The van der Waals surface area contributed by atoms with Gasteiger partial charge in [0, 0.05) is 49.3 Å². The highest BCUT2D eigenvalue weighted by molar-refractivity contribution is 4.93. The Labute approximate surface area is 564 Å². The third-order valence-electron chi connectivity index (χ3n) is 22.1. The van der Waals surface area contributed by atoms with Crippen molar-refractivity contribution in [3.63, 3.8) is 0 Å². The number of rotatable bonds is 23. The lowest BCUT2D eigenvalue weighted by Gasteiger charge is -2.26. The van der Waals surface area contributed by atoms with Crippen molar-refractivity contribution in [2.75, 3.05) is 73.0 Å². The van der Waals surface area contributed by atoms with Crippen molar-refractivity contribution in [2.45, 2.75) is 315 Å². The molecule has 90 heavy (non-hydrogen) atoms. The van der Waals surface area contributed by atoms with Crippen LogP contribution in [0.5, 0.6) is 0 Å². The molecule has 0 aromatic carbocycles. The Morgan fingerprint density at radius 2 is 0.789 bits per heavy atom. The minimum atomic E-state index is -0.0151. The summed E-state index contributed by atoms with van der Waals surface area (Å²) in [7, 11) is 4.29. The highest BCUT2D eigenvalue weighted by atomic mass is 15.2. The third kappa shape index (κ3) is 41.6. The summed E-state index contributed by atoms with van der Waals surface area (Å²) in [5.74, 6) is 17.5. The van der Waals surface area contributed by atoms with E-state index in [-0.39, 0.29) is 5.54 Å². The Hall–Kier alpha value is -0.440. The van der Waals surface area contributed by atoms with Crippen LogP contribution < -0.4 is 56.1 Å². The fraction of sp³-hybridized carbons (Fsp3) is 1.00. The SMILES string of the molecule is CC(C)C[C@@H]1CC(C(C)(C)N)CN1.CC(C)C[C@@H]1C[C@@H](CN)CN1C.CC(C)C[C@H]1CC[C@@H](CN)C1.CC(C)C[C@H]1CC[C@@H](N)C1.CC(C)C[C@H]1CC[C@H](CN)C1.CC(C)C[C@H]1CN[C@H](CN)C1.CC(C)[C@@H]1CC[C@H](CN)C1.CNC[C@@H]1CC[C@H](CC(C)C)C1. The zero-order chi connectivity index (χ0) is 68.1. The highest BCUT2D eigenvalue weighted by Gasteiger charge is 2.34. The van der Waals surface area contributed by atoms with Crippen molar-refractivity contribution in [3.8, 4) is 0 Å². The third-order valence-corrected chi connectivity index (χ3v) is 22.1. The normalized spacial score (nSPS) is 31.6. The van der Waals surface area contributed by atoms with Gasteiger partial charge in [-0.05, 0) is 327 Å². The van der Waals surface area contributed by atoms with Gasteiger partial charge in [-0.2, -0.15) is 0 Å². The molecule has 5 aliphatic carbocycles. The Bertz CT molecular complexity index is 1580. The van der Waals surface area contributed by atoms with Crippen molar-refractivity contribution in [2.24, 2.45) is 158 Å². The van der Waals surface area contributed by atoms with Crippen LogP contribution in [0.25, 0.3) is 0 Å². The predicted octanol–water partition coefficient (Wildman–Crippen LogP) is 15.7. The molecule has 16 atom stereocenters. The summed E-state index contributed by atoms with van der Waals surface area (Å²) in [5.41, 5.74) is 40.0. The van der Waals surface area contributed by atoms with E-state index in [1.165, 1.54) is 180 Å². The lowest BCUT2D eigenvalue weighted by atomic mass is 9.85. The van der Waals surface area contributed by atoms with Crippen molar-refractivity contribution in [1.82, 2.24) is 20.9 Å².